The van der Waals surface area contributed by atoms with Gasteiger partial charge in [0.1, 0.15) is 17.6 Å². The van der Waals surface area contributed by atoms with Crippen molar-refractivity contribution in [1.29, 1.82) is 0 Å². The molecular formula is C8H11F2NO. The van der Waals surface area contributed by atoms with Crippen LogP contribution in [0.3, 0.4) is 0 Å². The average molecular weight is 175 g/mol. The second-order valence-electron chi connectivity index (χ2n) is 2.88. The summed E-state index contributed by atoms with van der Waals surface area (Å²) in [5.41, 5.74) is 5.24. The van der Waals surface area contributed by atoms with Gasteiger partial charge in [-0.25, -0.2) is 8.78 Å². The number of hydrogen-bond acceptors (Lipinski definition) is 2. The van der Waals surface area contributed by atoms with Crippen molar-refractivity contribution in [1.82, 2.24) is 0 Å². The molecular weight excluding hydrogens is 164 g/mol. The zero-order valence-corrected chi connectivity index (χ0v) is 6.97. The lowest BCUT2D eigenvalue weighted by Gasteiger charge is -2.16. The Morgan fingerprint density at radius 3 is 2.42 bits per heavy atom. The lowest BCUT2D eigenvalue weighted by Crippen LogP contribution is -2.29. The molecule has 0 amide bonds. The molecule has 0 aliphatic carbocycles. The van der Waals surface area contributed by atoms with Gasteiger partial charge >= 0.3 is 0 Å². The standard InChI is InChI=1S/C8H11F2NO/c1-5-3-4-6(12-5)7(11)8(2,9)10/h3-4,7H,11H2,1-2H3/t7-/m0/s1. The van der Waals surface area contributed by atoms with Crippen LogP contribution in [0.25, 0.3) is 0 Å². The molecule has 68 valence electrons. The van der Waals surface area contributed by atoms with Crippen molar-refractivity contribution >= 4 is 0 Å². The Morgan fingerprint density at radius 1 is 1.50 bits per heavy atom. The van der Waals surface area contributed by atoms with Gasteiger partial charge in [-0.15, -0.1) is 0 Å². The van der Waals surface area contributed by atoms with E-state index in [9.17, 15) is 8.78 Å². The quantitative estimate of drug-likeness (QED) is 0.748. The summed E-state index contributed by atoms with van der Waals surface area (Å²) < 4.78 is 30.2. The molecule has 1 rings (SSSR count). The van der Waals surface area contributed by atoms with Crippen LogP contribution in [0.2, 0.25) is 0 Å². The Kier molecular flexibility index (Phi) is 2.19. The molecule has 4 heteroatoms. The Balaban J connectivity index is 2.85. The van der Waals surface area contributed by atoms with Crippen LogP contribution in [0.1, 0.15) is 24.5 Å². The van der Waals surface area contributed by atoms with E-state index in [2.05, 4.69) is 0 Å². The molecule has 1 heterocycles. The maximum Gasteiger partial charge on any atom is 0.267 e. The van der Waals surface area contributed by atoms with Crippen LogP contribution >= 0.6 is 0 Å². The lowest BCUT2D eigenvalue weighted by atomic mass is 10.1. The average Bonchev–Trinajstić information content (AvgIpc) is 2.32. The van der Waals surface area contributed by atoms with Crippen molar-refractivity contribution < 1.29 is 13.2 Å². The highest BCUT2D eigenvalue weighted by atomic mass is 19.3. The van der Waals surface area contributed by atoms with Crippen LogP contribution in [-0.2, 0) is 0 Å². The first-order valence-corrected chi connectivity index (χ1v) is 3.61. The lowest BCUT2D eigenvalue weighted by molar-refractivity contribution is -0.0126. The smallest absolute Gasteiger partial charge is 0.267 e. The third-order valence-corrected chi connectivity index (χ3v) is 1.61. The van der Waals surface area contributed by atoms with Crippen molar-refractivity contribution in [2.24, 2.45) is 5.73 Å². The summed E-state index contributed by atoms with van der Waals surface area (Å²) in [7, 11) is 0. The van der Waals surface area contributed by atoms with E-state index in [1.54, 1.807) is 13.0 Å². The molecule has 0 aliphatic rings. The van der Waals surface area contributed by atoms with Crippen molar-refractivity contribution in [3.63, 3.8) is 0 Å². The van der Waals surface area contributed by atoms with Crippen LogP contribution in [-0.4, -0.2) is 5.92 Å². The van der Waals surface area contributed by atoms with E-state index < -0.39 is 12.0 Å². The molecule has 0 fully saturated rings. The highest BCUT2D eigenvalue weighted by Crippen LogP contribution is 2.29. The second-order valence-corrected chi connectivity index (χ2v) is 2.88. The van der Waals surface area contributed by atoms with Crippen LogP contribution in [0, 0.1) is 6.92 Å². The summed E-state index contributed by atoms with van der Waals surface area (Å²) in [5.74, 6) is -2.23. The van der Waals surface area contributed by atoms with Gasteiger partial charge < -0.3 is 10.2 Å². The summed E-state index contributed by atoms with van der Waals surface area (Å²) in [5, 5.41) is 0. The van der Waals surface area contributed by atoms with Crippen molar-refractivity contribution in [3.05, 3.63) is 23.7 Å². The molecule has 0 bridgehead atoms. The van der Waals surface area contributed by atoms with Gasteiger partial charge in [0, 0.05) is 6.92 Å². The van der Waals surface area contributed by atoms with Crippen LogP contribution < -0.4 is 5.73 Å². The van der Waals surface area contributed by atoms with E-state index in [0.29, 0.717) is 5.76 Å². The molecule has 2 nitrogen and oxygen atoms in total. The largest absolute Gasteiger partial charge is 0.464 e. The summed E-state index contributed by atoms with van der Waals surface area (Å²) in [6, 6.07) is 1.73. The van der Waals surface area contributed by atoms with Gasteiger partial charge in [0.25, 0.3) is 5.92 Å². The minimum Gasteiger partial charge on any atom is -0.464 e. The topological polar surface area (TPSA) is 39.2 Å². The number of aryl methyl sites for hydroxylation is 1. The molecule has 0 spiro atoms. The monoisotopic (exact) mass is 175 g/mol. The Bertz CT molecular complexity index is 264. The number of halogens is 2. The fraction of sp³-hybridized carbons (Fsp3) is 0.500. The molecule has 0 saturated heterocycles. The van der Waals surface area contributed by atoms with Crippen LogP contribution in [0.15, 0.2) is 16.5 Å². The highest BCUT2D eigenvalue weighted by Gasteiger charge is 2.34. The number of alkyl halides is 2. The minimum absolute atomic E-state index is 0.125. The second kappa shape index (κ2) is 2.86. The third kappa shape index (κ3) is 1.82. The van der Waals surface area contributed by atoms with Crippen molar-refractivity contribution in [3.8, 4) is 0 Å². The normalized spacial score (nSPS) is 14.8. The van der Waals surface area contributed by atoms with Gasteiger partial charge in [-0.2, -0.15) is 0 Å². The van der Waals surface area contributed by atoms with Gasteiger partial charge in [0.05, 0.1) is 0 Å². The fourth-order valence-corrected chi connectivity index (χ4v) is 0.870. The zero-order chi connectivity index (χ0) is 9.35. The fourth-order valence-electron chi connectivity index (χ4n) is 0.870. The van der Waals surface area contributed by atoms with Crippen molar-refractivity contribution in [2.75, 3.05) is 0 Å². The predicted octanol–water partition coefficient (Wildman–Crippen LogP) is 2.24. The Morgan fingerprint density at radius 2 is 2.08 bits per heavy atom. The first-order chi connectivity index (χ1) is 5.41. The molecule has 0 radical (unpaired) electrons. The molecule has 0 aromatic carbocycles. The Hall–Kier alpha value is -0.900. The first-order valence-electron chi connectivity index (χ1n) is 3.61. The predicted molar refractivity (Wildman–Crippen MR) is 41.0 cm³/mol. The molecule has 12 heavy (non-hydrogen) atoms. The van der Waals surface area contributed by atoms with E-state index in [1.165, 1.54) is 6.07 Å². The van der Waals surface area contributed by atoms with Crippen LogP contribution in [0.5, 0.6) is 0 Å². The number of hydrogen-bond donors (Lipinski definition) is 1. The molecule has 2 N–H and O–H groups in total. The number of rotatable bonds is 2. The van der Waals surface area contributed by atoms with E-state index in [4.69, 9.17) is 10.2 Å². The first kappa shape index (κ1) is 9.19. The van der Waals surface area contributed by atoms with Gasteiger partial charge in [0.15, 0.2) is 0 Å². The van der Waals surface area contributed by atoms with Crippen LogP contribution in [0.4, 0.5) is 8.78 Å². The molecule has 0 aliphatic heterocycles. The molecule has 1 aromatic heterocycles. The highest BCUT2D eigenvalue weighted by molar-refractivity contribution is 5.11. The van der Waals surface area contributed by atoms with Gasteiger partial charge in [0.2, 0.25) is 0 Å². The molecule has 1 aromatic rings. The molecule has 0 unspecified atom stereocenters. The van der Waals surface area contributed by atoms with E-state index >= 15 is 0 Å². The van der Waals surface area contributed by atoms with E-state index in [1.807, 2.05) is 0 Å². The summed E-state index contributed by atoms with van der Waals surface area (Å²) in [6.45, 7) is 2.46. The number of nitrogens with two attached hydrogens (primary N) is 1. The van der Waals surface area contributed by atoms with Crippen molar-refractivity contribution in [2.45, 2.75) is 25.8 Å². The summed E-state index contributed by atoms with van der Waals surface area (Å²) in [4.78, 5) is 0. The van der Waals surface area contributed by atoms with E-state index in [0.717, 1.165) is 6.92 Å². The maximum atomic E-state index is 12.6. The summed E-state index contributed by atoms with van der Waals surface area (Å²) in [6.07, 6.45) is 0. The minimum atomic E-state index is -2.94. The van der Waals surface area contributed by atoms with Gasteiger partial charge in [-0.05, 0) is 19.1 Å². The maximum absolute atomic E-state index is 12.6. The van der Waals surface area contributed by atoms with Gasteiger partial charge in [-0.3, -0.25) is 0 Å². The van der Waals surface area contributed by atoms with Gasteiger partial charge in [-0.1, -0.05) is 0 Å². The number of furan rings is 1. The molecule has 0 saturated carbocycles. The summed E-state index contributed by atoms with van der Waals surface area (Å²) >= 11 is 0. The third-order valence-electron chi connectivity index (χ3n) is 1.61. The van der Waals surface area contributed by atoms with E-state index in [-0.39, 0.29) is 5.76 Å². The molecule has 1 atom stereocenters. The SMILES string of the molecule is Cc1ccc([C@H](N)C(C)(F)F)o1. The zero-order valence-electron chi connectivity index (χ0n) is 6.97. The Labute approximate surface area is 69.4 Å².